The first-order chi connectivity index (χ1) is 16.0. The summed E-state index contributed by atoms with van der Waals surface area (Å²) in [6.45, 7) is 2.64. The third kappa shape index (κ3) is 4.75. The lowest BCUT2D eigenvalue weighted by Gasteiger charge is -2.15. The Balaban J connectivity index is 1.79. The van der Waals surface area contributed by atoms with E-state index in [9.17, 15) is 9.59 Å². The van der Waals surface area contributed by atoms with Crippen LogP contribution in [0.1, 0.15) is 23.2 Å². The van der Waals surface area contributed by atoms with Crippen molar-refractivity contribution in [1.29, 1.82) is 0 Å². The number of hydrogen-bond donors (Lipinski definition) is 1. The molecular weight excluding hydrogens is 418 g/mol. The average molecular weight is 443 g/mol. The Morgan fingerprint density at radius 2 is 1.67 bits per heavy atom. The van der Waals surface area contributed by atoms with Gasteiger partial charge in [0.2, 0.25) is 0 Å². The summed E-state index contributed by atoms with van der Waals surface area (Å²) < 4.78 is 12.4. The third-order valence-electron chi connectivity index (χ3n) is 5.72. The fourth-order valence-electron chi connectivity index (χ4n) is 4.11. The number of hydrogen-bond acceptors (Lipinski definition) is 4. The number of ether oxygens (including phenoxy) is 2. The maximum absolute atomic E-state index is 11.9. The summed E-state index contributed by atoms with van der Waals surface area (Å²) in [5.41, 5.74) is 6.01. The minimum absolute atomic E-state index is 0.0623. The van der Waals surface area contributed by atoms with Gasteiger partial charge in [-0.3, -0.25) is 4.79 Å². The Morgan fingerprint density at radius 1 is 0.939 bits per heavy atom. The number of benzene rings is 3. The van der Waals surface area contributed by atoms with Gasteiger partial charge in [0.05, 0.1) is 12.6 Å². The zero-order valence-corrected chi connectivity index (χ0v) is 18.6. The second-order valence-corrected chi connectivity index (χ2v) is 7.83. The number of carboxylic acids is 1. The summed E-state index contributed by atoms with van der Waals surface area (Å²) in [6, 6.07) is 24.3. The summed E-state index contributed by atoms with van der Waals surface area (Å²) in [6.07, 6.45) is -0.648. The third-order valence-corrected chi connectivity index (χ3v) is 5.72. The van der Waals surface area contributed by atoms with Crippen molar-refractivity contribution in [2.75, 3.05) is 7.11 Å². The lowest BCUT2D eigenvalue weighted by atomic mass is 9.99. The van der Waals surface area contributed by atoms with Gasteiger partial charge in [0.1, 0.15) is 5.75 Å². The molecule has 1 aromatic heterocycles. The van der Waals surface area contributed by atoms with Crippen molar-refractivity contribution in [2.45, 2.75) is 26.3 Å². The number of carbonyl (C=O) groups excluding carboxylic acids is 1. The molecule has 6 heteroatoms. The fourth-order valence-corrected chi connectivity index (χ4v) is 4.11. The molecule has 0 saturated carbocycles. The molecule has 4 rings (SSSR count). The highest BCUT2D eigenvalue weighted by Crippen LogP contribution is 2.35. The van der Waals surface area contributed by atoms with E-state index in [1.807, 2.05) is 55.5 Å². The van der Waals surface area contributed by atoms with Crippen LogP contribution in [0.25, 0.3) is 22.0 Å². The summed E-state index contributed by atoms with van der Waals surface area (Å²) in [5, 5.41) is 9.85. The van der Waals surface area contributed by atoms with Crippen molar-refractivity contribution < 1.29 is 24.2 Å². The molecule has 1 N–H and O–H groups in total. The number of methoxy groups -OCH3 is 1. The van der Waals surface area contributed by atoms with E-state index >= 15 is 0 Å². The topological polar surface area (TPSA) is 77.8 Å². The largest absolute Gasteiger partial charge is 0.513 e. The van der Waals surface area contributed by atoms with E-state index < -0.39 is 12.1 Å². The van der Waals surface area contributed by atoms with Crippen LogP contribution in [0.4, 0.5) is 4.79 Å². The van der Waals surface area contributed by atoms with Crippen LogP contribution in [0.3, 0.4) is 0 Å². The zero-order chi connectivity index (χ0) is 23.4. The molecule has 0 fully saturated rings. The normalized spacial score (nSPS) is 10.8. The average Bonchev–Trinajstić information content (AvgIpc) is 3.14. The molecule has 0 atom stereocenters. The smallest absolute Gasteiger partial charge is 0.481 e. The molecule has 0 radical (unpaired) electrons. The molecule has 0 aliphatic heterocycles. The quantitative estimate of drug-likeness (QED) is 0.287. The summed E-state index contributed by atoms with van der Waals surface area (Å²) in [4.78, 5) is 23.0. The number of carbonyl (C=O) groups is 2. The van der Waals surface area contributed by atoms with Gasteiger partial charge in [0.15, 0.2) is 0 Å². The fraction of sp³-hybridized carbons (Fsp3) is 0.185. The molecule has 168 valence electrons. The van der Waals surface area contributed by atoms with E-state index in [1.54, 1.807) is 0 Å². The van der Waals surface area contributed by atoms with Crippen LogP contribution in [0.2, 0.25) is 0 Å². The molecule has 0 amide bonds. The highest BCUT2D eigenvalue weighted by Gasteiger charge is 2.19. The van der Waals surface area contributed by atoms with Crippen molar-refractivity contribution in [3.05, 3.63) is 89.6 Å². The van der Waals surface area contributed by atoms with Crippen LogP contribution in [0.15, 0.2) is 72.8 Å². The van der Waals surface area contributed by atoms with E-state index in [4.69, 9.17) is 14.6 Å². The minimum atomic E-state index is -0.912. The van der Waals surface area contributed by atoms with Gasteiger partial charge in [-0.2, -0.15) is 0 Å². The van der Waals surface area contributed by atoms with Crippen LogP contribution in [0.5, 0.6) is 5.75 Å². The number of aromatic nitrogens is 1. The van der Waals surface area contributed by atoms with Crippen molar-refractivity contribution in [2.24, 2.45) is 0 Å². The highest BCUT2D eigenvalue weighted by molar-refractivity contribution is 5.91. The van der Waals surface area contributed by atoms with E-state index in [2.05, 4.69) is 28.8 Å². The zero-order valence-electron chi connectivity index (χ0n) is 18.6. The lowest BCUT2D eigenvalue weighted by molar-refractivity contribution is -0.136. The molecule has 0 spiro atoms. The number of carboxylic acid groups (broad SMARTS) is 1. The van der Waals surface area contributed by atoms with Gasteiger partial charge >= 0.3 is 12.1 Å². The van der Waals surface area contributed by atoms with Crippen molar-refractivity contribution in [3.63, 3.8) is 0 Å². The Morgan fingerprint density at radius 3 is 2.39 bits per heavy atom. The minimum Gasteiger partial charge on any atom is -0.481 e. The van der Waals surface area contributed by atoms with Crippen LogP contribution >= 0.6 is 0 Å². The summed E-state index contributed by atoms with van der Waals surface area (Å²) in [7, 11) is 1.25. The number of aliphatic carboxylic acids is 1. The van der Waals surface area contributed by atoms with Gasteiger partial charge in [0, 0.05) is 24.0 Å². The first-order valence-electron chi connectivity index (χ1n) is 10.7. The standard InChI is InChI=1S/C27H25NO5/c1-18-16-23-24(14-12-20(13-15-25(29)30)26(23)33-27(31)32-2)28(18)17-21-10-6-7-11-22(21)19-8-4-3-5-9-19/h3-12,14,16H,13,15,17H2,1-2H3,(H,29,30). The Labute approximate surface area is 192 Å². The lowest BCUT2D eigenvalue weighted by Crippen LogP contribution is -2.10. The molecule has 0 saturated heterocycles. The van der Waals surface area contributed by atoms with Gasteiger partial charge in [-0.25, -0.2) is 4.79 Å². The second-order valence-electron chi connectivity index (χ2n) is 7.83. The number of rotatable bonds is 7. The van der Waals surface area contributed by atoms with Crippen LogP contribution in [0, 0.1) is 6.92 Å². The van der Waals surface area contributed by atoms with Gasteiger partial charge < -0.3 is 19.1 Å². The molecule has 4 aromatic rings. The predicted octanol–water partition coefficient (Wildman–Crippen LogP) is 5.83. The molecular formula is C27H25NO5. The molecule has 33 heavy (non-hydrogen) atoms. The molecule has 1 heterocycles. The number of aryl methyl sites for hydroxylation is 2. The van der Waals surface area contributed by atoms with E-state index in [0.29, 0.717) is 17.9 Å². The molecule has 0 aliphatic rings. The van der Waals surface area contributed by atoms with E-state index in [1.165, 1.54) is 7.11 Å². The first kappa shape index (κ1) is 22.1. The van der Waals surface area contributed by atoms with E-state index in [-0.39, 0.29) is 12.8 Å². The molecule has 0 bridgehead atoms. The predicted molar refractivity (Wildman–Crippen MR) is 127 cm³/mol. The molecule has 3 aromatic carbocycles. The van der Waals surface area contributed by atoms with Crippen LogP contribution < -0.4 is 4.74 Å². The van der Waals surface area contributed by atoms with Crippen molar-refractivity contribution in [3.8, 4) is 16.9 Å². The van der Waals surface area contributed by atoms with Crippen molar-refractivity contribution >= 4 is 23.0 Å². The van der Waals surface area contributed by atoms with Gasteiger partial charge in [-0.15, -0.1) is 0 Å². The Hall–Kier alpha value is -4.06. The number of fused-ring (bicyclic) bond motifs is 1. The maximum atomic E-state index is 11.9. The number of nitrogens with zero attached hydrogens (tertiary/aromatic N) is 1. The maximum Gasteiger partial charge on any atom is 0.513 e. The Bertz CT molecular complexity index is 1310. The monoisotopic (exact) mass is 443 g/mol. The molecule has 0 unspecified atom stereocenters. The van der Waals surface area contributed by atoms with Crippen LogP contribution in [-0.4, -0.2) is 28.9 Å². The SMILES string of the molecule is COC(=O)Oc1c(CCC(=O)O)ccc2c1cc(C)n2Cc1ccccc1-c1ccccc1. The van der Waals surface area contributed by atoms with E-state index in [0.717, 1.165) is 33.3 Å². The van der Waals surface area contributed by atoms with Crippen molar-refractivity contribution in [1.82, 2.24) is 4.57 Å². The van der Waals surface area contributed by atoms with Gasteiger partial charge in [-0.05, 0) is 47.7 Å². The van der Waals surface area contributed by atoms with Gasteiger partial charge in [-0.1, -0.05) is 60.7 Å². The summed E-state index contributed by atoms with van der Waals surface area (Å²) in [5.74, 6) is -0.566. The molecule has 0 aliphatic carbocycles. The molecule has 6 nitrogen and oxygen atoms in total. The van der Waals surface area contributed by atoms with Crippen LogP contribution in [-0.2, 0) is 22.5 Å². The highest BCUT2D eigenvalue weighted by atomic mass is 16.7. The van der Waals surface area contributed by atoms with Gasteiger partial charge in [0.25, 0.3) is 0 Å². The first-order valence-corrected chi connectivity index (χ1v) is 10.7. The Kier molecular flexibility index (Phi) is 6.45. The second kappa shape index (κ2) is 9.61. The summed E-state index contributed by atoms with van der Waals surface area (Å²) >= 11 is 0.